The van der Waals surface area contributed by atoms with E-state index in [-0.39, 0.29) is 6.04 Å². The van der Waals surface area contributed by atoms with Crippen molar-refractivity contribution >= 4 is 11.0 Å². The number of rotatable bonds is 8. The summed E-state index contributed by atoms with van der Waals surface area (Å²) in [6.07, 6.45) is 0. The molecule has 2 aromatic rings. The predicted octanol–water partition coefficient (Wildman–Crippen LogP) is 2.97. The van der Waals surface area contributed by atoms with E-state index in [0.29, 0.717) is 0 Å². The molecule has 4 heteroatoms. The molecule has 0 bridgehead atoms. The van der Waals surface area contributed by atoms with E-state index in [4.69, 9.17) is 9.15 Å². The molecule has 0 saturated carbocycles. The highest BCUT2D eigenvalue weighted by molar-refractivity contribution is 5.82. The molecule has 2 rings (SSSR count). The van der Waals surface area contributed by atoms with Crippen LogP contribution >= 0.6 is 0 Å². The lowest BCUT2D eigenvalue weighted by Gasteiger charge is -2.13. The number of hydrogen-bond acceptors (Lipinski definition) is 4. The van der Waals surface area contributed by atoms with Crippen LogP contribution in [0, 0.1) is 6.92 Å². The van der Waals surface area contributed by atoms with E-state index in [1.807, 2.05) is 32.3 Å². The molecule has 0 aliphatic heterocycles. The van der Waals surface area contributed by atoms with Gasteiger partial charge in [-0.1, -0.05) is 18.2 Å². The number of fused-ring (bicyclic) bond motifs is 1. The predicted molar refractivity (Wildman–Crippen MR) is 86.7 cm³/mol. The number of likely N-dealkylation sites (N-methyl/N-ethyl adjacent to an activating group) is 1. The fourth-order valence-corrected chi connectivity index (χ4v) is 2.40. The van der Waals surface area contributed by atoms with Gasteiger partial charge in [0.15, 0.2) is 0 Å². The summed E-state index contributed by atoms with van der Waals surface area (Å²) in [4.78, 5) is 2.12. The smallest absolute Gasteiger partial charge is 0.134 e. The molecule has 0 aliphatic rings. The second kappa shape index (κ2) is 7.59. The quantitative estimate of drug-likeness (QED) is 0.759. The summed E-state index contributed by atoms with van der Waals surface area (Å²) in [5.74, 6) is 1.02. The summed E-state index contributed by atoms with van der Waals surface area (Å²) >= 11 is 0. The normalized spacial score (nSPS) is 13.2. The Labute approximate surface area is 127 Å². The van der Waals surface area contributed by atoms with Crippen LogP contribution in [0.15, 0.2) is 28.7 Å². The van der Waals surface area contributed by atoms with Gasteiger partial charge in [0.2, 0.25) is 0 Å². The number of benzene rings is 1. The zero-order valence-corrected chi connectivity index (χ0v) is 13.5. The van der Waals surface area contributed by atoms with Gasteiger partial charge in [-0.3, -0.25) is 0 Å². The van der Waals surface area contributed by atoms with E-state index >= 15 is 0 Å². The molecule has 1 heterocycles. The SMILES string of the molecule is Cc1c([C@H](C)NCCOCCN(C)C)oc2ccccc12. The summed E-state index contributed by atoms with van der Waals surface area (Å²) in [6, 6.07) is 8.36. The summed E-state index contributed by atoms with van der Waals surface area (Å²) in [6.45, 7) is 7.52. The number of nitrogens with one attached hydrogen (secondary N) is 1. The van der Waals surface area contributed by atoms with Crippen LogP contribution < -0.4 is 5.32 Å². The van der Waals surface area contributed by atoms with Crippen LogP contribution in [0.1, 0.15) is 24.3 Å². The van der Waals surface area contributed by atoms with Crippen LogP contribution in [-0.2, 0) is 4.74 Å². The molecule has 0 saturated heterocycles. The highest BCUT2D eigenvalue weighted by Crippen LogP contribution is 2.28. The highest BCUT2D eigenvalue weighted by Gasteiger charge is 2.15. The largest absolute Gasteiger partial charge is 0.459 e. The first-order valence-electron chi connectivity index (χ1n) is 7.53. The van der Waals surface area contributed by atoms with Crippen LogP contribution in [-0.4, -0.2) is 45.3 Å². The minimum absolute atomic E-state index is 0.190. The Morgan fingerprint density at radius 3 is 2.71 bits per heavy atom. The van der Waals surface area contributed by atoms with Crippen molar-refractivity contribution in [3.8, 4) is 0 Å². The van der Waals surface area contributed by atoms with Gasteiger partial charge >= 0.3 is 0 Å². The van der Waals surface area contributed by atoms with Crippen molar-refractivity contribution in [3.63, 3.8) is 0 Å². The highest BCUT2D eigenvalue weighted by atomic mass is 16.5. The van der Waals surface area contributed by atoms with Crippen LogP contribution in [0.5, 0.6) is 0 Å². The summed E-state index contributed by atoms with van der Waals surface area (Å²) in [7, 11) is 4.10. The first-order chi connectivity index (χ1) is 10.1. The second-order valence-corrected chi connectivity index (χ2v) is 5.68. The summed E-state index contributed by atoms with van der Waals surface area (Å²) < 4.78 is 11.5. The second-order valence-electron chi connectivity index (χ2n) is 5.68. The fraction of sp³-hybridized carbons (Fsp3) is 0.529. The van der Waals surface area contributed by atoms with Gasteiger partial charge in [-0.15, -0.1) is 0 Å². The van der Waals surface area contributed by atoms with Gasteiger partial charge in [0.25, 0.3) is 0 Å². The fourth-order valence-electron chi connectivity index (χ4n) is 2.40. The maximum atomic E-state index is 5.96. The number of para-hydroxylation sites is 1. The van der Waals surface area contributed by atoms with Crippen molar-refractivity contribution in [3.05, 3.63) is 35.6 Å². The van der Waals surface area contributed by atoms with E-state index < -0.39 is 0 Å². The zero-order valence-electron chi connectivity index (χ0n) is 13.5. The number of aryl methyl sites for hydroxylation is 1. The maximum Gasteiger partial charge on any atom is 0.134 e. The van der Waals surface area contributed by atoms with E-state index in [0.717, 1.165) is 37.6 Å². The molecule has 0 radical (unpaired) electrons. The number of nitrogens with zero attached hydrogens (tertiary/aromatic N) is 1. The van der Waals surface area contributed by atoms with E-state index in [1.165, 1.54) is 10.9 Å². The van der Waals surface area contributed by atoms with Crippen molar-refractivity contribution in [1.29, 1.82) is 0 Å². The van der Waals surface area contributed by atoms with Crippen molar-refractivity contribution in [2.75, 3.05) is 40.4 Å². The first kappa shape index (κ1) is 16.0. The van der Waals surface area contributed by atoms with Gasteiger partial charge < -0.3 is 19.4 Å². The van der Waals surface area contributed by atoms with Gasteiger partial charge in [-0.2, -0.15) is 0 Å². The number of ether oxygens (including phenoxy) is 1. The molecule has 21 heavy (non-hydrogen) atoms. The first-order valence-corrected chi connectivity index (χ1v) is 7.53. The molecule has 0 fully saturated rings. The lowest BCUT2D eigenvalue weighted by molar-refractivity contribution is 0.117. The van der Waals surface area contributed by atoms with Crippen molar-refractivity contribution < 1.29 is 9.15 Å². The Kier molecular flexibility index (Phi) is 5.79. The third-order valence-corrected chi connectivity index (χ3v) is 3.65. The van der Waals surface area contributed by atoms with Crippen molar-refractivity contribution in [2.45, 2.75) is 19.9 Å². The number of hydrogen-bond donors (Lipinski definition) is 1. The van der Waals surface area contributed by atoms with Crippen molar-refractivity contribution in [2.24, 2.45) is 0 Å². The molecule has 4 nitrogen and oxygen atoms in total. The number of furan rings is 1. The average molecular weight is 290 g/mol. The van der Waals surface area contributed by atoms with E-state index in [9.17, 15) is 0 Å². The van der Waals surface area contributed by atoms with Crippen molar-refractivity contribution in [1.82, 2.24) is 10.2 Å². The lowest BCUT2D eigenvalue weighted by atomic mass is 10.1. The topological polar surface area (TPSA) is 37.6 Å². The monoisotopic (exact) mass is 290 g/mol. The molecule has 0 aliphatic carbocycles. The molecule has 1 atom stereocenters. The van der Waals surface area contributed by atoms with Gasteiger partial charge in [-0.05, 0) is 39.6 Å². The van der Waals surface area contributed by atoms with Crippen LogP contribution in [0.3, 0.4) is 0 Å². The zero-order chi connectivity index (χ0) is 15.2. The Bertz CT molecular complexity index is 563. The van der Waals surface area contributed by atoms with Gasteiger partial charge in [-0.25, -0.2) is 0 Å². The third kappa shape index (κ3) is 4.30. The Balaban J connectivity index is 1.82. The standard InChI is InChI=1S/C17H26N2O2/c1-13-15-7-5-6-8-16(15)21-17(13)14(2)18-9-11-20-12-10-19(3)4/h5-8,14,18H,9-12H2,1-4H3/t14-/m0/s1. The van der Waals surface area contributed by atoms with E-state index in [1.54, 1.807) is 0 Å². The van der Waals surface area contributed by atoms with Gasteiger partial charge in [0.1, 0.15) is 11.3 Å². The minimum atomic E-state index is 0.190. The minimum Gasteiger partial charge on any atom is -0.459 e. The lowest BCUT2D eigenvalue weighted by Crippen LogP contribution is -2.25. The molecule has 1 aromatic heterocycles. The van der Waals surface area contributed by atoms with Crippen LogP contribution in [0.2, 0.25) is 0 Å². The Morgan fingerprint density at radius 2 is 2.00 bits per heavy atom. The molecular formula is C17H26N2O2. The summed E-state index contributed by atoms with van der Waals surface area (Å²) in [5, 5.41) is 4.65. The molecule has 0 unspecified atom stereocenters. The van der Waals surface area contributed by atoms with Gasteiger partial charge in [0, 0.05) is 18.5 Å². The third-order valence-electron chi connectivity index (χ3n) is 3.65. The van der Waals surface area contributed by atoms with Crippen LogP contribution in [0.25, 0.3) is 11.0 Å². The molecule has 0 spiro atoms. The summed E-state index contributed by atoms with van der Waals surface area (Å²) in [5.41, 5.74) is 2.18. The Morgan fingerprint density at radius 1 is 1.24 bits per heavy atom. The molecule has 1 N–H and O–H groups in total. The Hall–Kier alpha value is -1.36. The molecule has 0 amide bonds. The maximum absolute atomic E-state index is 5.96. The molecule has 1 aromatic carbocycles. The van der Waals surface area contributed by atoms with Crippen LogP contribution in [0.4, 0.5) is 0 Å². The molecule has 116 valence electrons. The molecular weight excluding hydrogens is 264 g/mol. The van der Waals surface area contributed by atoms with Gasteiger partial charge in [0.05, 0.1) is 19.3 Å². The average Bonchev–Trinajstić information content (AvgIpc) is 2.80. The van der Waals surface area contributed by atoms with E-state index in [2.05, 4.69) is 30.1 Å².